The van der Waals surface area contributed by atoms with Crippen molar-refractivity contribution >= 4 is 0 Å². The molecule has 0 aliphatic rings. The lowest BCUT2D eigenvalue weighted by Gasteiger charge is -2.17. The van der Waals surface area contributed by atoms with Crippen LogP contribution in [0, 0.1) is 13.8 Å². The van der Waals surface area contributed by atoms with Gasteiger partial charge in [0.15, 0.2) is 0 Å². The Bertz CT molecular complexity index is 593. The van der Waals surface area contributed by atoms with E-state index in [4.69, 9.17) is 15.2 Å². The van der Waals surface area contributed by atoms with Crippen LogP contribution in [-0.4, -0.2) is 20.3 Å². The van der Waals surface area contributed by atoms with Crippen molar-refractivity contribution in [1.29, 1.82) is 0 Å². The topological polar surface area (TPSA) is 44.5 Å². The molecule has 0 amide bonds. The van der Waals surface area contributed by atoms with Crippen molar-refractivity contribution in [2.75, 3.05) is 20.3 Å². The van der Waals surface area contributed by atoms with Crippen molar-refractivity contribution in [2.45, 2.75) is 26.2 Å². The van der Waals surface area contributed by atoms with Gasteiger partial charge in [-0.25, -0.2) is 0 Å². The molecular formula is C19H25NO2. The zero-order valence-electron chi connectivity index (χ0n) is 13.6. The second-order valence-corrected chi connectivity index (χ2v) is 5.61. The summed E-state index contributed by atoms with van der Waals surface area (Å²) in [4.78, 5) is 0. The third-order valence-corrected chi connectivity index (χ3v) is 3.93. The molecule has 2 rings (SSSR count). The number of methoxy groups -OCH3 is 1. The second-order valence-electron chi connectivity index (χ2n) is 5.61. The summed E-state index contributed by atoms with van der Waals surface area (Å²) in [5.74, 6) is 2.12. The van der Waals surface area contributed by atoms with Gasteiger partial charge in [0, 0.05) is 0 Å². The first-order valence-corrected chi connectivity index (χ1v) is 7.68. The number of hydrogen-bond donors (Lipinski definition) is 1. The predicted molar refractivity (Wildman–Crippen MR) is 90.8 cm³/mol. The molecule has 2 aromatic rings. The van der Waals surface area contributed by atoms with Crippen LogP contribution in [0.1, 0.15) is 29.0 Å². The van der Waals surface area contributed by atoms with E-state index in [0.29, 0.717) is 19.1 Å². The van der Waals surface area contributed by atoms with Gasteiger partial charge in [-0.05, 0) is 62.1 Å². The van der Waals surface area contributed by atoms with Crippen LogP contribution in [0.3, 0.4) is 0 Å². The summed E-state index contributed by atoms with van der Waals surface area (Å²) < 4.78 is 11.1. The molecule has 0 saturated carbocycles. The van der Waals surface area contributed by atoms with E-state index in [1.165, 1.54) is 16.7 Å². The van der Waals surface area contributed by atoms with Gasteiger partial charge < -0.3 is 15.2 Å². The summed E-state index contributed by atoms with van der Waals surface area (Å²) in [6.07, 6.45) is 0.899. The van der Waals surface area contributed by atoms with E-state index >= 15 is 0 Å². The van der Waals surface area contributed by atoms with Crippen molar-refractivity contribution in [3.8, 4) is 11.5 Å². The first-order chi connectivity index (χ1) is 10.6. The number of ether oxygens (including phenoxy) is 2. The highest BCUT2D eigenvalue weighted by atomic mass is 16.5. The van der Waals surface area contributed by atoms with Crippen LogP contribution in [-0.2, 0) is 0 Å². The Balaban J connectivity index is 1.93. The van der Waals surface area contributed by atoms with Gasteiger partial charge in [-0.1, -0.05) is 29.8 Å². The lowest BCUT2D eigenvalue weighted by Crippen LogP contribution is -2.15. The maximum Gasteiger partial charge on any atom is 0.122 e. The standard InChI is InChI=1S/C19H25NO2/c1-14-4-9-19(15(2)12-14)22-11-10-17(13-20)16-5-7-18(21-3)8-6-16/h4-9,12,17H,10-11,13,20H2,1-3H3. The van der Waals surface area contributed by atoms with Crippen molar-refractivity contribution < 1.29 is 9.47 Å². The smallest absolute Gasteiger partial charge is 0.122 e. The first kappa shape index (κ1) is 16.4. The third kappa shape index (κ3) is 4.25. The molecule has 1 atom stereocenters. The summed E-state index contributed by atoms with van der Waals surface area (Å²) >= 11 is 0. The summed E-state index contributed by atoms with van der Waals surface area (Å²) in [5, 5.41) is 0. The minimum atomic E-state index is 0.302. The zero-order valence-corrected chi connectivity index (χ0v) is 13.6. The van der Waals surface area contributed by atoms with E-state index < -0.39 is 0 Å². The molecule has 118 valence electrons. The largest absolute Gasteiger partial charge is 0.497 e. The SMILES string of the molecule is COc1ccc(C(CN)CCOc2ccc(C)cc2C)cc1. The number of hydrogen-bond acceptors (Lipinski definition) is 3. The van der Waals surface area contributed by atoms with Crippen LogP contribution in [0.15, 0.2) is 42.5 Å². The van der Waals surface area contributed by atoms with Crippen LogP contribution in [0.5, 0.6) is 11.5 Å². The number of rotatable bonds is 7. The maximum atomic E-state index is 5.92. The molecule has 3 heteroatoms. The number of benzene rings is 2. The zero-order chi connectivity index (χ0) is 15.9. The summed E-state index contributed by atoms with van der Waals surface area (Å²) in [6, 6.07) is 14.4. The van der Waals surface area contributed by atoms with E-state index in [0.717, 1.165) is 17.9 Å². The predicted octanol–water partition coefficient (Wildman–Crippen LogP) is 3.82. The molecule has 0 bridgehead atoms. The van der Waals surface area contributed by atoms with Gasteiger partial charge in [-0.3, -0.25) is 0 Å². The Kier molecular flexibility index (Phi) is 5.84. The molecule has 0 aliphatic carbocycles. The first-order valence-electron chi connectivity index (χ1n) is 7.68. The summed E-state index contributed by atoms with van der Waals surface area (Å²) in [5.41, 5.74) is 9.57. The molecule has 0 spiro atoms. The highest BCUT2D eigenvalue weighted by Crippen LogP contribution is 2.23. The molecule has 0 saturated heterocycles. The highest BCUT2D eigenvalue weighted by Gasteiger charge is 2.10. The number of nitrogens with two attached hydrogens (primary N) is 1. The number of aryl methyl sites for hydroxylation is 2. The van der Waals surface area contributed by atoms with Crippen LogP contribution >= 0.6 is 0 Å². The maximum absolute atomic E-state index is 5.92. The molecule has 22 heavy (non-hydrogen) atoms. The van der Waals surface area contributed by atoms with Gasteiger partial charge in [-0.15, -0.1) is 0 Å². The van der Waals surface area contributed by atoms with Crippen molar-refractivity contribution in [3.05, 3.63) is 59.2 Å². The summed E-state index contributed by atoms with van der Waals surface area (Å²) in [7, 11) is 1.67. The normalized spacial score (nSPS) is 12.0. The van der Waals surface area contributed by atoms with Crippen molar-refractivity contribution in [2.24, 2.45) is 5.73 Å². The molecule has 1 unspecified atom stereocenters. The molecule has 0 heterocycles. The van der Waals surface area contributed by atoms with E-state index in [2.05, 4.69) is 38.1 Å². The van der Waals surface area contributed by atoms with E-state index in [1.807, 2.05) is 18.2 Å². The van der Waals surface area contributed by atoms with Crippen LogP contribution in [0.4, 0.5) is 0 Å². The Hall–Kier alpha value is -2.00. The highest BCUT2D eigenvalue weighted by molar-refractivity contribution is 5.35. The molecule has 0 fully saturated rings. The molecule has 2 N–H and O–H groups in total. The van der Waals surface area contributed by atoms with Gasteiger partial charge in [0.1, 0.15) is 11.5 Å². The fourth-order valence-corrected chi connectivity index (χ4v) is 2.57. The minimum Gasteiger partial charge on any atom is -0.497 e. The Morgan fingerprint density at radius 3 is 2.36 bits per heavy atom. The Morgan fingerprint density at radius 2 is 1.77 bits per heavy atom. The lowest BCUT2D eigenvalue weighted by atomic mass is 9.96. The molecule has 0 aliphatic heterocycles. The van der Waals surface area contributed by atoms with Gasteiger partial charge in [0.05, 0.1) is 13.7 Å². The Morgan fingerprint density at radius 1 is 1.05 bits per heavy atom. The van der Waals surface area contributed by atoms with Crippen LogP contribution in [0.2, 0.25) is 0 Å². The Labute approximate surface area is 133 Å². The van der Waals surface area contributed by atoms with Gasteiger partial charge in [0.25, 0.3) is 0 Å². The van der Waals surface area contributed by atoms with E-state index in [9.17, 15) is 0 Å². The molecule has 2 aromatic carbocycles. The van der Waals surface area contributed by atoms with Gasteiger partial charge in [0.2, 0.25) is 0 Å². The van der Waals surface area contributed by atoms with E-state index in [-0.39, 0.29) is 0 Å². The molecule has 0 radical (unpaired) electrons. The summed E-state index contributed by atoms with van der Waals surface area (Å²) in [6.45, 7) is 5.44. The van der Waals surface area contributed by atoms with Crippen LogP contribution in [0.25, 0.3) is 0 Å². The average Bonchev–Trinajstić information content (AvgIpc) is 2.53. The molecule has 0 aromatic heterocycles. The minimum absolute atomic E-state index is 0.302. The fourth-order valence-electron chi connectivity index (χ4n) is 2.57. The van der Waals surface area contributed by atoms with Crippen LogP contribution < -0.4 is 15.2 Å². The molecule has 3 nitrogen and oxygen atoms in total. The molecular weight excluding hydrogens is 274 g/mol. The quantitative estimate of drug-likeness (QED) is 0.845. The monoisotopic (exact) mass is 299 g/mol. The lowest BCUT2D eigenvalue weighted by molar-refractivity contribution is 0.296. The fraction of sp³-hybridized carbons (Fsp3) is 0.368. The third-order valence-electron chi connectivity index (χ3n) is 3.93. The van der Waals surface area contributed by atoms with Crippen molar-refractivity contribution in [1.82, 2.24) is 0 Å². The van der Waals surface area contributed by atoms with Gasteiger partial charge >= 0.3 is 0 Å². The second kappa shape index (κ2) is 7.85. The van der Waals surface area contributed by atoms with Gasteiger partial charge in [-0.2, -0.15) is 0 Å². The average molecular weight is 299 g/mol. The van der Waals surface area contributed by atoms with E-state index in [1.54, 1.807) is 7.11 Å². The van der Waals surface area contributed by atoms with Crippen molar-refractivity contribution in [3.63, 3.8) is 0 Å².